The smallest absolute Gasteiger partial charge is 0.255 e. The molecule has 1 aromatic heterocycles. The van der Waals surface area contributed by atoms with Crippen LogP contribution in [0.3, 0.4) is 0 Å². The van der Waals surface area contributed by atoms with E-state index in [-0.39, 0.29) is 30.6 Å². The highest BCUT2D eigenvalue weighted by atomic mass is 32.1. The number of amides is 3. The molecule has 0 saturated carbocycles. The molecule has 0 aliphatic carbocycles. The minimum absolute atomic E-state index is 0.211. The number of aromatic nitrogens is 1. The summed E-state index contributed by atoms with van der Waals surface area (Å²) < 4.78 is 1.05. The number of hydrogen-bond acceptors (Lipinski definition) is 5. The van der Waals surface area contributed by atoms with E-state index in [9.17, 15) is 14.4 Å². The third kappa shape index (κ3) is 2.89. The third-order valence-corrected chi connectivity index (χ3v) is 4.82. The Hall–Kier alpha value is -3.06. The maximum Gasteiger partial charge on any atom is 0.255 e. The molecule has 1 N–H and O–H groups in total. The molecule has 7 heteroatoms. The van der Waals surface area contributed by atoms with Gasteiger partial charge in [0.2, 0.25) is 11.8 Å². The summed E-state index contributed by atoms with van der Waals surface area (Å²) in [5.74, 6) is -0.788. The van der Waals surface area contributed by atoms with Gasteiger partial charge in [0, 0.05) is 24.1 Å². The van der Waals surface area contributed by atoms with E-state index < -0.39 is 0 Å². The zero-order valence-corrected chi connectivity index (χ0v) is 13.9. The molecule has 6 nitrogen and oxygen atoms in total. The number of nitrogens with zero attached hydrogens (tertiary/aromatic N) is 2. The summed E-state index contributed by atoms with van der Waals surface area (Å²) in [7, 11) is 0. The van der Waals surface area contributed by atoms with Gasteiger partial charge in [0.1, 0.15) is 0 Å². The summed E-state index contributed by atoms with van der Waals surface area (Å²) in [6.45, 7) is 0. The van der Waals surface area contributed by atoms with Crippen LogP contribution in [-0.2, 0) is 9.59 Å². The molecule has 2 aromatic carbocycles. The van der Waals surface area contributed by atoms with Gasteiger partial charge in [-0.1, -0.05) is 6.07 Å². The molecule has 1 aliphatic heterocycles. The van der Waals surface area contributed by atoms with Crippen molar-refractivity contribution in [2.24, 2.45) is 0 Å². The van der Waals surface area contributed by atoms with Gasteiger partial charge in [-0.25, -0.2) is 4.98 Å². The number of carbonyl (C=O) groups is 3. The summed E-state index contributed by atoms with van der Waals surface area (Å²) >= 11 is 1.53. The highest BCUT2D eigenvalue weighted by Crippen LogP contribution is 2.25. The first-order chi connectivity index (χ1) is 12.1. The average Bonchev–Trinajstić information content (AvgIpc) is 3.21. The van der Waals surface area contributed by atoms with Crippen LogP contribution in [0.4, 0.5) is 11.4 Å². The van der Waals surface area contributed by atoms with Gasteiger partial charge in [0.05, 0.1) is 21.4 Å². The number of fused-ring (bicyclic) bond motifs is 1. The van der Waals surface area contributed by atoms with Crippen molar-refractivity contribution in [2.75, 3.05) is 10.2 Å². The maximum atomic E-state index is 12.5. The lowest BCUT2D eigenvalue weighted by Gasteiger charge is -2.14. The number of benzene rings is 2. The maximum absolute atomic E-state index is 12.5. The van der Waals surface area contributed by atoms with Crippen LogP contribution in [-0.4, -0.2) is 22.7 Å². The lowest BCUT2D eigenvalue weighted by atomic mass is 10.1. The van der Waals surface area contributed by atoms with E-state index in [1.54, 1.807) is 35.8 Å². The molecule has 0 bridgehead atoms. The highest BCUT2D eigenvalue weighted by Gasteiger charge is 2.30. The first-order valence-corrected chi connectivity index (χ1v) is 8.60. The molecule has 3 aromatic rings. The minimum Gasteiger partial charge on any atom is -0.322 e. The lowest BCUT2D eigenvalue weighted by molar-refractivity contribution is -0.121. The van der Waals surface area contributed by atoms with E-state index in [1.165, 1.54) is 11.3 Å². The van der Waals surface area contributed by atoms with Gasteiger partial charge in [0.15, 0.2) is 0 Å². The number of carbonyl (C=O) groups excluding carboxylic acids is 3. The Kier molecular flexibility index (Phi) is 3.77. The molecular formula is C18H13N3O3S. The number of rotatable bonds is 3. The molecule has 2 heterocycles. The number of nitrogens with one attached hydrogen (secondary N) is 1. The Balaban J connectivity index is 1.58. The van der Waals surface area contributed by atoms with Crippen molar-refractivity contribution in [3.63, 3.8) is 0 Å². The Bertz CT molecular complexity index is 995. The van der Waals surface area contributed by atoms with Crippen molar-refractivity contribution in [1.29, 1.82) is 0 Å². The van der Waals surface area contributed by atoms with Gasteiger partial charge in [-0.05, 0) is 36.4 Å². The van der Waals surface area contributed by atoms with Crippen LogP contribution in [0, 0.1) is 0 Å². The van der Waals surface area contributed by atoms with Crippen molar-refractivity contribution < 1.29 is 14.4 Å². The predicted molar refractivity (Wildman–Crippen MR) is 95.7 cm³/mol. The predicted octanol–water partition coefficient (Wildman–Crippen LogP) is 3.20. The van der Waals surface area contributed by atoms with Crippen molar-refractivity contribution in [3.8, 4) is 0 Å². The molecule has 25 heavy (non-hydrogen) atoms. The van der Waals surface area contributed by atoms with Crippen molar-refractivity contribution >= 4 is 50.6 Å². The van der Waals surface area contributed by atoms with E-state index in [1.807, 2.05) is 12.1 Å². The van der Waals surface area contributed by atoms with E-state index >= 15 is 0 Å². The standard InChI is InChI=1S/C18H13N3O3S/c22-16-6-7-17(23)21(16)13-3-1-2-11(8-13)18(24)20-12-4-5-15-14(9-12)19-10-25-15/h1-5,8-10H,6-7H2,(H,20,24). The topological polar surface area (TPSA) is 79.4 Å². The van der Waals surface area contributed by atoms with E-state index in [0.29, 0.717) is 16.9 Å². The highest BCUT2D eigenvalue weighted by molar-refractivity contribution is 7.16. The second-order valence-corrected chi connectivity index (χ2v) is 6.55. The van der Waals surface area contributed by atoms with Crippen molar-refractivity contribution in [1.82, 2.24) is 4.98 Å². The lowest BCUT2D eigenvalue weighted by Crippen LogP contribution is -2.28. The molecule has 1 aliphatic rings. The molecular weight excluding hydrogens is 338 g/mol. The molecule has 0 spiro atoms. The fourth-order valence-electron chi connectivity index (χ4n) is 2.79. The summed E-state index contributed by atoms with van der Waals surface area (Å²) in [5.41, 5.74) is 4.02. The molecule has 0 radical (unpaired) electrons. The number of imide groups is 1. The second kappa shape index (κ2) is 6.10. The zero-order chi connectivity index (χ0) is 17.4. The van der Waals surface area contributed by atoms with E-state index in [0.717, 1.165) is 15.1 Å². The monoisotopic (exact) mass is 351 g/mol. The van der Waals surface area contributed by atoms with Crippen LogP contribution in [0.15, 0.2) is 48.0 Å². The largest absolute Gasteiger partial charge is 0.322 e. The van der Waals surface area contributed by atoms with Gasteiger partial charge in [0.25, 0.3) is 5.91 Å². The molecule has 4 rings (SSSR count). The van der Waals surface area contributed by atoms with Crippen LogP contribution in [0.25, 0.3) is 10.2 Å². The Labute approximate surface area is 147 Å². The summed E-state index contributed by atoms with van der Waals surface area (Å²) in [6.07, 6.45) is 0.422. The molecule has 0 unspecified atom stereocenters. The fraction of sp³-hybridized carbons (Fsp3) is 0.111. The molecule has 124 valence electrons. The number of hydrogen-bond donors (Lipinski definition) is 1. The first kappa shape index (κ1) is 15.5. The Morgan fingerprint density at radius 1 is 1.08 bits per heavy atom. The van der Waals surface area contributed by atoms with E-state index in [4.69, 9.17) is 0 Å². The van der Waals surface area contributed by atoms with Crippen LogP contribution < -0.4 is 10.2 Å². The Morgan fingerprint density at radius 3 is 2.68 bits per heavy atom. The van der Waals surface area contributed by atoms with Crippen LogP contribution >= 0.6 is 11.3 Å². The van der Waals surface area contributed by atoms with Crippen LogP contribution in [0.2, 0.25) is 0 Å². The summed E-state index contributed by atoms with van der Waals surface area (Å²) in [6, 6.07) is 12.0. The number of anilines is 2. The second-order valence-electron chi connectivity index (χ2n) is 5.66. The van der Waals surface area contributed by atoms with Gasteiger partial charge in [-0.15, -0.1) is 11.3 Å². The van der Waals surface area contributed by atoms with Crippen molar-refractivity contribution in [2.45, 2.75) is 12.8 Å². The summed E-state index contributed by atoms with van der Waals surface area (Å²) in [4.78, 5) is 41.6. The summed E-state index contributed by atoms with van der Waals surface area (Å²) in [5, 5.41) is 2.82. The van der Waals surface area contributed by atoms with Gasteiger partial charge >= 0.3 is 0 Å². The normalized spacial score (nSPS) is 14.3. The SMILES string of the molecule is O=C(Nc1ccc2scnc2c1)c1cccc(N2C(=O)CCC2=O)c1. The first-order valence-electron chi connectivity index (χ1n) is 7.72. The van der Waals surface area contributed by atoms with Gasteiger partial charge in [-0.3, -0.25) is 19.3 Å². The van der Waals surface area contributed by atoms with Crippen LogP contribution in [0.1, 0.15) is 23.2 Å². The van der Waals surface area contributed by atoms with Gasteiger partial charge in [-0.2, -0.15) is 0 Å². The van der Waals surface area contributed by atoms with E-state index in [2.05, 4.69) is 10.3 Å². The molecule has 1 fully saturated rings. The Morgan fingerprint density at radius 2 is 1.88 bits per heavy atom. The molecule has 0 atom stereocenters. The molecule has 1 saturated heterocycles. The van der Waals surface area contributed by atoms with Gasteiger partial charge < -0.3 is 5.32 Å². The fourth-order valence-corrected chi connectivity index (χ4v) is 3.45. The third-order valence-electron chi connectivity index (χ3n) is 4.01. The van der Waals surface area contributed by atoms with Crippen molar-refractivity contribution in [3.05, 3.63) is 53.5 Å². The quantitative estimate of drug-likeness (QED) is 0.735. The molecule has 3 amide bonds. The average molecular weight is 351 g/mol. The number of thiazole rings is 1. The minimum atomic E-state index is -0.310. The zero-order valence-electron chi connectivity index (χ0n) is 13.1. The van der Waals surface area contributed by atoms with Crippen LogP contribution in [0.5, 0.6) is 0 Å².